The van der Waals surface area contributed by atoms with Gasteiger partial charge in [-0.3, -0.25) is 10.1 Å². The van der Waals surface area contributed by atoms with Crippen molar-refractivity contribution in [2.24, 2.45) is 0 Å². The number of para-hydroxylation sites is 1. The van der Waals surface area contributed by atoms with E-state index in [0.717, 1.165) is 5.69 Å². The summed E-state index contributed by atoms with van der Waals surface area (Å²) < 4.78 is 0. The van der Waals surface area contributed by atoms with E-state index in [1.807, 2.05) is 44.2 Å². The van der Waals surface area contributed by atoms with Crippen LogP contribution in [-0.4, -0.2) is 20.9 Å². The summed E-state index contributed by atoms with van der Waals surface area (Å²) >= 11 is 5.84. The fourth-order valence-corrected chi connectivity index (χ4v) is 2.13. The summed E-state index contributed by atoms with van der Waals surface area (Å²) in [6, 6.07) is 9.30. The van der Waals surface area contributed by atoms with E-state index >= 15 is 0 Å². The molecule has 20 heavy (non-hydrogen) atoms. The first-order chi connectivity index (χ1) is 9.52. The van der Waals surface area contributed by atoms with Gasteiger partial charge in [0, 0.05) is 11.7 Å². The smallest absolute Gasteiger partial charge is 0.318 e. The monoisotopic (exact) mass is 292 g/mol. The fraction of sp³-hybridized carbons (Fsp3) is 0.231. The first-order valence-corrected chi connectivity index (χ1v) is 6.39. The average molecular weight is 293 g/mol. The number of rotatable bonds is 4. The van der Waals surface area contributed by atoms with Gasteiger partial charge in [0.25, 0.3) is 0 Å². The van der Waals surface area contributed by atoms with Crippen LogP contribution in [0.3, 0.4) is 0 Å². The van der Waals surface area contributed by atoms with Crippen molar-refractivity contribution in [3.8, 4) is 0 Å². The molecule has 6 nitrogen and oxygen atoms in total. The van der Waals surface area contributed by atoms with Gasteiger partial charge in [0.2, 0.25) is 11.0 Å². The number of halogens is 1. The van der Waals surface area contributed by atoms with Gasteiger partial charge in [-0.25, -0.2) is 9.97 Å². The van der Waals surface area contributed by atoms with Crippen LogP contribution in [0.15, 0.2) is 36.7 Å². The lowest BCUT2D eigenvalue weighted by Gasteiger charge is -2.27. The molecule has 104 valence electrons. The molecule has 0 radical (unpaired) electrons. The van der Waals surface area contributed by atoms with E-state index in [9.17, 15) is 10.1 Å². The van der Waals surface area contributed by atoms with Crippen LogP contribution >= 0.6 is 11.6 Å². The number of nitro groups is 1. The molecule has 0 saturated heterocycles. The van der Waals surface area contributed by atoms with Gasteiger partial charge in [0.15, 0.2) is 0 Å². The van der Waals surface area contributed by atoms with Gasteiger partial charge in [-0.1, -0.05) is 29.8 Å². The van der Waals surface area contributed by atoms with Crippen LogP contribution in [0.1, 0.15) is 13.8 Å². The number of aromatic nitrogens is 2. The molecular weight excluding hydrogens is 280 g/mol. The van der Waals surface area contributed by atoms with Crippen molar-refractivity contribution in [3.63, 3.8) is 0 Å². The Kier molecular flexibility index (Phi) is 4.14. The van der Waals surface area contributed by atoms with Crippen molar-refractivity contribution in [2.75, 3.05) is 4.90 Å². The molecule has 2 aromatic rings. The van der Waals surface area contributed by atoms with Crippen LogP contribution in [-0.2, 0) is 0 Å². The first kappa shape index (κ1) is 14.2. The van der Waals surface area contributed by atoms with Gasteiger partial charge in [-0.05, 0) is 26.0 Å². The molecular formula is C13H13ClN4O2. The molecule has 0 aliphatic heterocycles. The van der Waals surface area contributed by atoms with Gasteiger partial charge in [0.1, 0.15) is 6.33 Å². The molecule has 0 saturated carbocycles. The van der Waals surface area contributed by atoms with Gasteiger partial charge in [-0.2, -0.15) is 0 Å². The molecule has 0 bridgehead atoms. The van der Waals surface area contributed by atoms with Gasteiger partial charge < -0.3 is 4.90 Å². The maximum absolute atomic E-state index is 11.2. The van der Waals surface area contributed by atoms with Crippen LogP contribution in [0.2, 0.25) is 5.15 Å². The fourth-order valence-electron chi connectivity index (χ4n) is 1.94. The zero-order valence-electron chi connectivity index (χ0n) is 11.0. The molecule has 0 aliphatic carbocycles. The quantitative estimate of drug-likeness (QED) is 0.489. The molecule has 0 N–H and O–H groups in total. The van der Waals surface area contributed by atoms with E-state index in [-0.39, 0.29) is 22.7 Å². The molecule has 2 rings (SSSR count). The summed E-state index contributed by atoms with van der Waals surface area (Å²) in [4.78, 5) is 20.1. The molecule has 1 heterocycles. The van der Waals surface area contributed by atoms with Crippen molar-refractivity contribution < 1.29 is 4.92 Å². The summed E-state index contributed by atoms with van der Waals surface area (Å²) in [7, 11) is 0. The van der Waals surface area contributed by atoms with E-state index in [2.05, 4.69) is 9.97 Å². The Morgan fingerprint density at radius 3 is 2.45 bits per heavy atom. The Morgan fingerprint density at radius 1 is 1.25 bits per heavy atom. The molecule has 0 spiro atoms. The summed E-state index contributed by atoms with van der Waals surface area (Å²) in [6.45, 7) is 3.85. The summed E-state index contributed by atoms with van der Waals surface area (Å²) in [6.07, 6.45) is 1.23. The zero-order valence-corrected chi connectivity index (χ0v) is 11.8. The van der Waals surface area contributed by atoms with Crippen LogP contribution in [0, 0.1) is 10.1 Å². The van der Waals surface area contributed by atoms with E-state index in [4.69, 9.17) is 11.6 Å². The topological polar surface area (TPSA) is 72.2 Å². The standard InChI is InChI=1S/C13H13ClN4O2/c1-9(2)17(10-6-4-3-5-7-10)13-11(18(19)20)12(14)15-8-16-13/h3-9H,1-2H3. The Morgan fingerprint density at radius 2 is 1.90 bits per heavy atom. The summed E-state index contributed by atoms with van der Waals surface area (Å²) in [5.41, 5.74) is 0.520. The largest absolute Gasteiger partial charge is 0.348 e. The van der Waals surface area contributed by atoms with E-state index in [1.54, 1.807) is 4.90 Å². The highest BCUT2D eigenvalue weighted by Gasteiger charge is 2.28. The van der Waals surface area contributed by atoms with Gasteiger partial charge in [0.05, 0.1) is 4.92 Å². The predicted molar refractivity (Wildman–Crippen MR) is 77.4 cm³/mol. The number of hydrogen-bond acceptors (Lipinski definition) is 5. The Hall–Kier alpha value is -2.21. The van der Waals surface area contributed by atoms with Crippen LogP contribution < -0.4 is 4.90 Å². The second-order valence-corrected chi connectivity index (χ2v) is 4.75. The highest BCUT2D eigenvalue weighted by Crippen LogP contribution is 2.36. The third-order valence-corrected chi connectivity index (χ3v) is 3.00. The number of nitrogens with zero attached hydrogens (tertiary/aromatic N) is 4. The van der Waals surface area contributed by atoms with Crippen molar-refractivity contribution in [1.82, 2.24) is 9.97 Å². The van der Waals surface area contributed by atoms with E-state index in [0.29, 0.717) is 0 Å². The Balaban J connectivity index is 2.62. The van der Waals surface area contributed by atoms with E-state index < -0.39 is 4.92 Å². The minimum atomic E-state index is -0.560. The van der Waals surface area contributed by atoms with Crippen LogP contribution in [0.25, 0.3) is 0 Å². The molecule has 1 aromatic carbocycles. The SMILES string of the molecule is CC(C)N(c1ccccc1)c1ncnc(Cl)c1[N+](=O)[O-]. The number of anilines is 2. The van der Waals surface area contributed by atoms with Gasteiger partial charge >= 0.3 is 5.69 Å². The maximum atomic E-state index is 11.2. The maximum Gasteiger partial charge on any atom is 0.348 e. The molecule has 1 aromatic heterocycles. The third kappa shape index (κ3) is 2.70. The second-order valence-electron chi connectivity index (χ2n) is 4.39. The van der Waals surface area contributed by atoms with Crippen molar-refractivity contribution in [3.05, 3.63) is 51.9 Å². The highest BCUT2D eigenvalue weighted by atomic mass is 35.5. The lowest BCUT2D eigenvalue weighted by molar-refractivity contribution is -0.384. The predicted octanol–water partition coefficient (Wildman–Crippen LogP) is 3.58. The Labute approximate surface area is 121 Å². The minimum Gasteiger partial charge on any atom is -0.318 e. The Bertz CT molecular complexity index is 619. The van der Waals surface area contributed by atoms with Crippen molar-refractivity contribution in [1.29, 1.82) is 0 Å². The molecule has 0 unspecified atom stereocenters. The van der Waals surface area contributed by atoms with Crippen LogP contribution in [0.4, 0.5) is 17.2 Å². The summed E-state index contributed by atoms with van der Waals surface area (Å²) in [5, 5.41) is 11.1. The first-order valence-electron chi connectivity index (χ1n) is 6.01. The molecule has 0 atom stereocenters. The van der Waals surface area contributed by atoms with Gasteiger partial charge in [-0.15, -0.1) is 0 Å². The second kappa shape index (κ2) is 5.83. The van der Waals surface area contributed by atoms with Crippen molar-refractivity contribution >= 4 is 28.8 Å². The van der Waals surface area contributed by atoms with Crippen molar-refractivity contribution in [2.45, 2.75) is 19.9 Å². The average Bonchev–Trinajstić information content (AvgIpc) is 2.39. The molecule has 0 amide bonds. The lowest BCUT2D eigenvalue weighted by atomic mass is 10.2. The molecule has 7 heteroatoms. The third-order valence-electron chi connectivity index (χ3n) is 2.72. The minimum absolute atomic E-state index is 0.0259. The molecule has 0 fully saturated rings. The highest BCUT2D eigenvalue weighted by molar-refractivity contribution is 6.31. The van der Waals surface area contributed by atoms with Crippen LogP contribution in [0.5, 0.6) is 0 Å². The number of benzene rings is 1. The summed E-state index contributed by atoms with van der Waals surface area (Å²) in [5.74, 6) is 0.191. The molecule has 0 aliphatic rings. The zero-order chi connectivity index (χ0) is 14.7. The van der Waals surface area contributed by atoms with E-state index in [1.165, 1.54) is 6.33 Å². The number of hydrogen-bond donors (Lipinski definition) is 0. The lowest BCUT2D eigenvalue weighted by Crippen LogP contribution is -2.27. The normalized spacial score (nSPS) is 10.6.